The zero-order valence-electron chi connectivity index (χ0n) is 9.88. The summed E-state index contributed by atoms with van der Waals surface area (Å²) in [6.07, 6.45) is -2.74. The molecule has 0 radical (unpaired) electrons. The fourth-order valence-corrected chi connectivity index (χ4v) is 2.51. The number of hydrogen-bond donors (Lipinski definition) is 1. The predicted octanol–water partition coefficient (Wildman–Crippen LogP) is 4.74. The summed E-state index contributed by atoms with van der Waals surface area (Å²) in [7, 11) is 0. The van der Waals surface area contributed by atoms with Gasteiger partial charge < -0.3 is 5.32 Å². The maximum absolute atomic E-state index is 12.7. The van der Waals surface area contributed by atoms with Crippen LogP contribution in [0.2, 0.25) is 4.47 Å². The van der Waals surface area contributed by atoms with Crippen molar-refractivity contribution in [3.8, 4) is 0 Å². The second-order valence-electron chi connectivity index (χ2n) is 3.96. The van der Waals surface area contributed by atoms with Crippen molar-refractivity contribution in [1.29, 1.82) is 0 Å². The molecule has 102 valence electrons. The topological polar surface area (TPSA) is 24.9 Å². The smallest absolute Gasteiger partial charge is 0.380 e. The predicted molar refractivity (Wildman–Crippen MR) is 70.6 cm³/mol. The van der Waals surface area contributed by atoms with E-state index in [1.807, 2.05) is 0 Å². The van der Waals surface area contributed by atoms with E-state index in [1.54, 1.807) is 12.3 Å². The van der Waals surface area contributed by atoms with Gasteiger partial charge in [0.25, 0.3) is 0 Å². The molecule has 0 atom stereocenters. The lowest BCUT2D eigenvalue weighted by Crippen LogP contribution is -2.08. The van der Waals surface area contributed by atoms with Gasteiger partial charge in [0.1, 0.15) is 0 Å². The Balaban J connectivity index is 2.13. The summed E-state index contributed by atoms with van der Waals surface area (Å²) in [6.45, 7) is 1.83. The monoisotopic (exact) mass is 306 g/mol. The van der Waals surface area contributed by atoms with Gasteiger partial charge in [-0.15, -0.1) is 11.3 Å². The van der Waals surface area contributed by atoms with Crippen molar-refractivity contribution in [2.45, 2.75) is 19.6 Å². The number of halogens is 4. The quantitative estimate of drug-likeness (QED) is 0.886. The van der Waals surface area contributed by atoms with Crippen LogP contribution in [-0.2, 0) is 12.7 Å². The highest BCUT2D eigenvalue weighted by atomic mass is 35.5. The van der Waals surface area contributed by atoms with Gasteiger partial charge in [-0.1, -0.05) is 17.7 Å². The van der Waals surface area contributed by atoms with Crippen LogP contribution in [0.4, 0.5) is 18.9 Å². The number of hydrogen-bond acceptors (Lipinski definition) is 3. The van der Waals surface area contributed by atoms with Crippen LogP contribution in [0.1, 0.15) is 16.0 Å². The molecule has 0 bridgehead atoms. The molecular formula is C12H10ClF3N2S. The minimum absolute atomic E-state index is 0.207. The molecule has 1 N–H and O–H groups in total. The van der Waals surface area contributed by atoms with Crippen molar-refractivity contribution >= 4 is 28.6 Å². The lowest BCUT2D eigenvalue weighted by Gasteiger charge is -2.12. The molecule has 0 unspecified atom stereocenters. The average Bonchev–Trinajstić information content (AvgIpc) is 2.72. The molecule has 1 heterocycles. The third kappa shape index (κ3) is 3.61. The van der Waals surface area contributed by atoms with Crippen molar-refractivity contribution in [3.05, 3.63) is 44.9 Å². The third-order valence-electron chi connectivity index (χ3n) is 2.54. The Morgan fingerprint density at radius 3 is 2.68 bits per heavy atom. The van der Waals surface area contributed by atoms with E-state index < -0.39 is 11.7 Å². The first-order valence-electron chi connectivity index (χ1n) is 5.38. The van der Waals surface area contributed by atoms with Crippen LogP contribution in [-0.4, -0.2) is 4.98 Å². The van der Waals surface area contributed by atoms with E-state index in [9.17, 15) is 13.2 Å². The Morgan fingerprint density at radius 2 is 2.11 bits per heavy atom. The zero-order chi connectivity index (χ0) is 14.0. The lowest BCUT2D eigenvalue weighted by molar-refractivity contribution is -0.138. The van der Waals surface area contributed by atoms with Crippen molar-refractivity contribution < 1.29 is 13.2 Å². The molecule has 0 fully saturated rings. The molecule has 7 heteroatoms. The Kier molecular flexibility index (Phi) is 4.01. The van der Waals surface area contributed by atoms with Gasteiger partial charge in [0, 0.05) is 16.8 Å². The maximum atomic E-state index is 12.7. The Labute approximate surface area is 117 Å². The van der Waals surface area contributed by atoms with Crippen LogP contribution in [0.25, 0.3) is 0 Å². The number of aromatic nitrogens is 1. The normalized spacial score (nSPS) is 11.6. The van der Waals surface area contributed by atoms with E-state index in [-0.39, 0.29) is 5.56 Å². The number of nitrogens with zero attached hydrogens (tertiary/aromatic N) is 1. The Bertz CT molecular complexity index is 581. The summed E-state index contributed by atoms with van der Waals surface area (Å²) >= 11 is 6.97. The second kappa shape index (κ2) is 5.38. The standard InChI is InChI=1S/C12H10ClF3N2S/c1-7-2-3-8(4-10(7)12(14,15)16)17-5-9-6-18-11(13)19-9/h2-4,6,17H,5H2,1H3. The number of benzene rings is 1. The molecule has 1 aromatic heterocycles. The van der Waals surface area contributed by atoms with E-state index >= 15 is 0 Å². The first kappa shape index (κ1) is 14.1. The van der Waals surface area contributed by atoms with E-state index in [0.29, 0.717) is 16.7 Å². The molecule has 0 aliphatic heterocycles. The number of nitrogens with one attached hydrogen (secondary N) is 1. The lowest BCUT2D eigenvalue weighted by atomic mass is 10.1. The third-order valence-corrected chi connectivity index (χ3v) is 3.65. The number of thiazole rings is 1. The first-order valence-corrected chi connectivity index (χ1v) is 6.57. The number of alkyl halides is 3. The van der Waals surface area contributed by atoms with Crippen molar-refractivity contribution in [2.75, 3.05) is 5.32 Å². The molecule has 0 aliphatic rings. The Morgan fingerprint density at radius 1 is 1.37 bits per heavy atom. The largest absolute Gasteiger partial charge is 0.416 e. The van der Waals surface area contributed by atoms with Gasteiger partial charge in [0.05, 0.1) is 12.1 Å². The van der Waals surface area contributed by atoms with Gasteiger partial charge >= 0.3 is 6.18 Å². The second-order valence-corrected chi connectivity index (χ2v) is 5.66. The summed E-state index contributed by atoms with van der Waals surface area (Å²) in [5.41, 5.74) is 0.00108. The molecule has 0 amide bonds. The van der Waals surface area contributed by atoms with Gasteiger partial charge in [0.15, 0.2) is 4.47 Å². The summed E-state index contributed by atoms with van der Waals surface area (Å²) in [5, 5.41) is 2.93. The highest BCUT2D eigenvalue weighted by Crippen LogP contribution is 2.33. The van der Waals surface area contributed by atoms with Crippen LogP contribution in [0.3, 0.4) is 0 Å². The molecule has 2 aromatic rings. The van der Waals surface area contributed by atoms with E-state index in [1.165, 1.54) is 24.3 Å². The van der Waals surface area contributed by atoms with Crippen LogP contribution in [0.5, 0.6) is 0 Å². The minimum atomic E-state index is -4.34. The van der Waals surface area contributed by atoms with Crippen LogP contribution in [0.15, 0.2) is 24.4 Å². The maximum Gasteiger partial charge on any atom is 0.416 e. The number of anilines is 1. The molecule has 0 aliphatic carbocycles. The van der Waals surface area contributed by atoms with Crippen molar-refractivity contribution in [2.24, 2.45) is 0 Å². The average molecular weight is 307 g/mol. The van der Waals surface area contributed by atoms with Crippen LogP contribution in [0, 0.1) is 6.92 Å². The number of rotatable bonds is 3. The zero-order valence-corrected chi connectivity index (χ0v) is 11.5. The van der Waals surface area contributed by atoms with E-state index in [4.69, 9.17) is 11.6 Å². The molecule has 2 rings (SSSR count). The van der Waals surface area contributed by atoms with Crippen LogP contribution >= 0.6 is 22.9 Å². The van der Waals surface area contributed by atoms with E-state index in [2.05, 4.69) is 10.3 Å². The summed E-state index contributed by atoms with van der Waals surface area (Å²) in [4.78, 5) is 4.72. The van der Waals surface area contributed by atoms with Gasteiger partial charge in [-0.2, -0.15) is 13.2 Å². The highest BCUT2D eigenvalue weighted by molar-refractivity contribution is 7.15. The molecule has 19 heavy (non-hydrogen) atoms. The SMILES string of the molecule is Cc1ccc(NCc2cnc(Cl)s2)cc1C(F)(F)F. The summed E-state index contributed by atoms with van der Waals surface area (Å²) in [5.74, 6) is 0. The fraction of sp³-hybridized carbons (Fsp3) is 0.250. The van der Waals surface area contributed by atoms with E-state index in [0.717, 1.165) is 10.9 Å². The molecule has 0 saturated carbocycles. The molecule has 0 spiro atoms. The number of aryl methyl sites for hydroxylation is 1. The van der Waals surface area contributed by atoms with Crippen molar-refractivity contribution in [1.82, 2.24) is 4.98 Å². The minimum Gasteiger partial charge on any atom is -0.380 e. The van der Waals surface area contributed by atoms with Gasteiger partial charge in [-0.05, 0) is 24.6 Å². The van der Waals surface area contributed by atoms with Gasteiger partial charge in [-0.25, -0.2) is 4.98 Å². The molecular weight excluding hydrogens is 297 g/mol. The summed E-state index contributed by atoms with van der Waals surface area (Å²) < 4.78 is 38.6. The fourth-order valence-electron chi connectivity index (χ4n) is 1.59. The Hall–Kier alpha value is -1.27. The molecule has 0 saturated heterocycles. The van der Waals surface area contributed by atoms with Gasteiger partial charge in [0.2, 0.25) is 0 Å². The molecule has 2 nitrogen and oxygen atoms in total. The highest BCUT2D eigenvalue weighted by Gasteiger charge is 2.32. The van der Waals surface area contributed by atoms with Crippen molar-refractivity contribution in [3.63, 3.8) is 0 Å². The van der Waals surface area contributed by atoms with Crippen LogP contribution < -0.4 is 5.32 Å². The van der Waals surface area contributed by atoms with Gasteiger partial charge in [-0.3, -0.25) is 0 Å². The first-order chi connectivity index (χ1) is 8.86. The summed E-state index contributed by atoms with van der Waals surface area (Å²) in [6, 6.07) is 4.18. The molecule has 1 aromatic carbocycles.